The average Bonchev–Trinajstić information content (AvgIpc) is 2.95. The molecule has 0 aromatic heterocycles. The first kappa shape index (κ1) is 17.7. The number of nitrogens with one attached hydrogen (secondary N) is 1. The smallest absolute Gasteiger partial charge is 0.227 e. The first-order chi connectivity index (χ1) is 12.0. The van der Waals surface area contributed by atoms with Gasteiger partial charge in [0.2, 0.25) is 11.8 Å². The monoisotopic (exact) mass is 380 g/mol. The number of benzene rings is 2. The van der Waals surface area contributed by atoms with Crippen LogP contribution in [0.25, 0.3) is 0 Å². The van der Waals surface area contributed by atoms with Gasteiger partial charge in [0.1, 0.15) is 5.82 Å². The van der Waals surface area contributed by atoms with Crippen molar-refractivity contribution < 1.29 is 14.0 Å². The van der Waals surface area contributed by atoms with Crippen molar-refractivity contribution in [1.82, 2.24) is 5.32 Å². The van der Waals surface area contributed by atoms with Crippen LogP contribution < -0.4 is 10.2 Å². The summed E-state index contributed by atoms with van der Waals surface area (Å²) in [4.78, 5) is 26.1. The van der Waals surface area contributed by atoms with E-state index in [4.69, 9.17) is 23.2 Å². The van der Waals surface area contributed by atoms with E-state index in [0.717, 1.165) is 0 Å². The Labute approximate surface area is 154 Å². The lowest BCUT2D eigenvalue weighted by molar-refractivity contribution is -0.126. The van der Waals surface area contributed by atoms with Crippen LogP contribution in [0.4, 0.5) is 10.1 Å². The zero-order valence-electron chi connectivity index (χ0n) is 13.1. The number of anilines is 1. The maximum atomic E-state index is 13.6. The summed E-state index contributed by atoms with van der Waals surface area (Å²) in [5, 5.41) is 3.39. The summed E-state index contributed by atoms with van der Waals surface area (Å²) in [6.07, 6.45) is 0.0602. The van der Waals surface area contributed by atoms with Crippen LogP contribution in [0, 0.1) is 11.7 Å². The molecule has 4 nitrogen and oxygen atoms in total. The summed E-state index contributed by atoms with van der Waals surface area (Å²) in [5.41, 5.74) is 0.811. The van der Waals surface area contributed by atoms with Crippen LogP contribution in [-0.4, -0.2) is 18.4 Å². The molecule has 2 aromatic carbocycles. The Bertz CT molecular complexity index is 808. The van der Waals surface area contributed by atoms with Crippen LogP contribution in [0.2, 0.25) is 10.0 Å². The fourth-order valence-electron chi connectivity index (χ4n) is 2.81. The highest BCUT2D eigenvalue weighted by molar-refractivity contribution is 6.40. The first-order valence-electron chi connectivity index (χ1n) is 7.73. The first-order valence-corrected chi connectivity index (χ1v) is 8.48. The van der Waals surface area contributed by atoms with Gasteiger partial charge in [-0.15, -0.1) is 0 Å². The summed E-state index contributed by atoms with van der Waals surface area (Å²) in [6.45, 7) is 0.258. The highest BCUT2D eigenvalue weighted by atomic mass is 35.5. The minimum absolute atomic E-state index is 0.0602. The summed E-state index contributed by atoms with van der Waals surface area (Å²) >= 11 is 12.3. The molecule has 2 amide bonds. The Morgan fingerprint density at radius 1 is 1.16 bits per heavy atom. The van der Waals surface area contributed by atoms with Crippen molar-refractivity contribution in [3.05, 3.63) is 63.9 Å². The zero-order chi connectivity index (χ0) is 18.0. The van der Waals surface area contributed by atoms with Crippen LogP contribution in [0.3, 0.4) is 0 Å². The number of rotatable bonds is 4. The maximum Gasteiger partial charge on any atom is 0.227 e. The van der Waals surface area contributed by atoms with Gasteiger partial charge in [-0.05, 0) is 18.2 Å². The van der Waals surface area contributed by atoms with Crippen molar-refractivity contribution in [1.29, 1.82) is 0 Å². The second kappa shape index (κ2) is 7.42. The molecular weight excluding hydrogens is 366 g/mol. The molecule has 1 N–H and O–H groups in total. The largest absolute Gasteiger partial charge is 0.352 e. The number of hydrogen-bond donors (Lipinski definition) is 1. The Morgan fingerprint density at radius 3 is 2.52 bits per heavy atom. The summed E-state index contributed by atoms with van der Waals surface area (Å²) in [6, 6.07) is 11.2. The van der Waals surface area contributed by atoms with Gasteiger partial charge >= 0.3 is 0 Å². The SMILES string of the molecule is O=C(NCc1ccccc1F)C1CC(=O)N(c2c(Cl)cccc2Cl)C1. The van der Waals surface area contributed by atoms with Crippen LogP contribution in [-0.2, 0) is 16.1 Å². The van der Waals surface area contributed by atoms with Crippen molar-refractivity contribution in [2.45, 2.75) is 13.0 Å². The van der Waals surface area contributed by atoms with Gasteiger partial charge in [-0.1, -0.05) is 47.5 Å². The molecule has 1 heterocycles. The normalized spacial score (nSPS) is 17.0. The van der Waals surface area contributed by atoms with E-state index >= 15 is 0 Å². The Kier molecular flexibility index (Phi) is 5.25. The van der Waals surface area contributed by atoms with E-state index in [2.05, 4.69) is 5.32 Å². The number of para-hydroxylation sites is 1. The van der Waals surface area contributed by atoms with Crippen LogP contribution >= 0.6 is 23.2 Å². The van der Waals surface area contributed by atoms with Crippen molar-refractivity contribution in [2.75, 3.05) is 11.4 Å². The molecule has 3 rings (SSSR count). The molecule has 0 saturated carbocycles. The minimum Gasteiger partial charge on any atom is -0.352 e. The molecular formula is C18H15Cl2FN2O2. The van der Waals surface area contributed by atoms with Gasteiger partial charge in [0.15, 0.2) is 0 Å². The summed E-state index contributed by atoms with van der Waals surface area (Å²) in [5.74, 6) is -1.44. The molecule has 1 fully saturated rings. The molecule has 0 bridgehead atoms. The van der Waals surface area contributed by atoms with E-state index in [1.165, 1.54) is 11.0 Å². The van der Waals surface area contributed by atoms with Gasteiger partial charge < -0.3 is 10.2 Å². The number of amides is 2. The number of halogens is 3. The van der Waals surface area contributed by atoms with Crippen molar-refractivity contribution in [2.24, 2.45) is 5.92 Å². The van der Waals surface area contributed by atoms with Crippen molar-refractivity contribution >= 4 is 40.7 Å². The fraction of sp³-hybridized carbons (Fsp3) is 0.222. The number of nitrogens with zero attached hydrogens (tertiary/aromatic N) is 1. The van der Waals surface area contributed by atoms with Gasteiger partial charge in [0.05, 0.1) is 21.7 Å². The molecule has 130 valence electrons. The van der Waals surface area contributed by atoms with E-state index in [1.54, 1.807) is 36.4 Å². The zero-order valence-corrected chi connectivity index (χ0v) is 14.6. The molecule has 0 radical (unpaired) electrons. The molecule has 1 saturated heterocycles. The lowest BCUT2D eigenvalue weighted by atomic mass is 10.1. The quantitative estimate of drug-likeness (QED) is 0.876. The number of carbonyl (C=O) groups excluding carboxylic acids is 2. The predicted molar refractivity (Wildman–Crippen MR) is 95.2 cm³/mol. The molecule has 0 aliphatic carbocycles. The summed E-state index contributed by atoms with van der Waals surface area (Å²) < 4.78 is 13.6. The Hall–Kier alpha value is -2.11. The van der Waals surface area contributed by atoms with Gasteiger partial charge in [0, 0.05) is 25.1 Å². The Morgan fingerprint density at radius 2 is 1.84 bits per heavy atom. The molecule has 7 heteroatoms. The third-order valence-electron chi connectivity index (χ3n) is 4.11. The molecule has 1 aliphatic heterocycles. The van der Waals surface area contributed by atoms with E-state index in [-0.39, 0.29) is 37.1 Å². The van der Waals surface area contributed by atoms with E-state index in [9.17, 15) is 14.0 Å². The molecule has 0 spiro atoms. The predicted octanol–water partition coefficient (Wildman–Crippen LogP) is 3.80. The van der Waals surface area contributed by atoms with Crippen LogP contribution in [0.15, 0.2) is 42.5 Å². The molecule has 25 heavy (non-hydrogen) atoms. The second-order valence-corrected chi connectivity index (χ2v) is 6.60. The van der Waals surface area contributed by atoms with Crippen molar-refractivity contribution in [3.63, 3.8) is 0 Å². The highest BCUT2D eigenvalue weighted by Crippen LogP contribution is 2.37. The van der Waals surface area contributed by atoms with Crippen LogP contribution in [0.5, 0.6) is 0 Å². The summed E-state index contributed by atoms with van der Waals surface area (Å²) in [7, 11) is 0. The fourth-order valence-corrected chi connectivity index (χ4v) is 3.42. The third kappa shape index (κ3) is 3.78. The van der Waals surface area contributed by atoms with Gasteiger partial charge in [0.25, 0.3) is 0 Å². The van der Waals surface area contributed by atoms with Crippen molar-refractivity contribution in [3.8, 4) is 0 Å². The maximum absolute atomic E-state index is 13.6. The number of hydrogen-bond acceptors (Lipinski definition) is 2. The second-order valence-electron chi connectivity index (χ2n) is 5.78. The average molecular weight is 381 g/mol. The minimum atomic E-state index is -0.536. The standard InChI is InChI=1S/C18H15Cl2FN2O2/c19-13-5-3-6-14(20)17(13)23-10-12(8-16(23)24)18(25)22-9-11-4-1-2-7-15(11)21/h1-7,12H,8-10H2,(H,22,25). The van der Waals surface area contributed by atoms with Gasteiger partial charge in [-0.2, -0.15) is 0 Å². The van der Waals surface area contributed by atoms with Gasteiger partial charge in [-0.25, -0.2) is 4.39 Å². The van der Waals surface area contributed by atoms with Crippen LogP contribution in [0.1, 0.15) is 12.0 Å². The van der Waals surface area contributed by atoms with E-state index in [0.29, 0.717) is 21.3 Å². The molecule has 2 aromatic rings. The lowest BCUT2D eigenvalue weighted by Crippen LogP contribution is -2.33. The highest BCUT2D eigenvalue weighted by Gasteiger charge is 2.36. The third-order valence-corrected chi connectivity index (χ3v) is 4.72. The molecule has 1 unspecified atom stereocenters. The van der Waals surface area contributed by atoms with Gasteiger partial charge in [-0.3, -0.25) is 9.59 Å². The lowest BCUT2D eigenvalue weighted by Gasteiger charge is -2.19. The molecule has 1 aliphatic rings. The number of carbonyl (C=O) groups is 2. The molecule has 1 atom stereocenters. The topological polar surface area (TPSA) is 49.4 Å². The Balaban J connectivity index is 1.68. The van der Waals surface area contributed by atoms with E-state index in [1.807, 2.05) is 0 Å². The van der Waals surface area contributed by atoms with E-state index < -0.39 is 5.92 Å².